The number of hydrogen-bond donors (Lipinski definition) is 0. The van der Waals surface area contributed by atoms with Gasteiger partial charge in [-0.05, 0) is 11.8 Å². The van der Waals surface area contributed by atoms with Gasteiger partial charge in [-0.25, -0.2) is 15.0 Å². The number of hydrogen-bond acceptors (Lipinski definition) is 6. The Morgan fingerprint density at radius 2 is 1.87 bits per heavy atom. The molecule has 15 heavy (non-hydrogen) atoms. The molecule has 2 rings (SSSR count). The highest BCUT2D eigenvalue weighted by Crippen LogP contribution is 2.21. The molecule has 6 heteroatoms. The van der Waals surface area contributed by atoms with Crippen LogP contribution in [0.15, 0.2) is 41.0 Å². The highest BCUT2D eigenvalue weighted by atomic mass is 32.2. The average molecular weight is 215 g/mol. The molecule has 0 fully saturated rings. The van der Waals surface area contributed by atoms with Crippen molar-refractivity contribution in [1.29, 1.82) is 5.26 Å². The second-order valence-electron chi connectivity index (χ2n) is 2.50. The van der Waals surface area contributed by atoms with E-state index in [1.165, 1.54) is 24.2 Å². The third kappa shape index (κ3) is 2.48. The van der Waals surface area contributed by atoms with Crippen LogP contribution in [0.25, 0.3) is 0 Å². The molecule has 0 saturated carbocycles. The van der Waals surface area contributed by atoms with Crippen molar-refractivity contribution in [2.75, 3.05) is 0 Å². The van der Waals surface area contributed by atoms with Crippen molar-refractivity contribution >= 4 is 11.8 Å². The minimum atomic E-state index is 0.304. The third-order valence-electron chi connectivity index (χ3n) is 1.49. The van der Waals surface area contributed by atoms with Crippen molar-refractivity contribution in [2.45, 2.75) is 10.1 Å². The zero-order chi connectivity index (χ0) is 10.5. The summed E-state index contributed by atoms with van der Waals surface area (Å²) >= 11 is 1.35. The summed E-state index contributed by atoms with van der Waals surface area (Å²) in [5.41, 5.74) is 0.304. The van der Waals surface area contributed by atoms with Crippen LogP contribution in [0.1, 0.15) is 5.69 Å². The lowest BCUT2D eigenvalue weighted by molar-refractivity contribution is 1.01. The highest BCUT2D eigenvalue weighted by Gasteiger charge is 2.00. The molecule has 0 aliphatic heterocycles. The fraction of sp³-hybridized carbons (Fsp3) is 0. The van der Waals surface area contributed by atoms with Gasteiger partial charge >= 0.3 is 0 Å². The van der Waals surface area contributed by atoms with E-state index in [9.17, 15) is 0 Å². The van der Waals surface area contributed by atoms with Crippen LogP contribution in [0.4, 0.5) is 0 Å². The summed E-state index contributed by atoms with van der Waals surface area (Å²) in [6.45, 7) is 0. The molecule has 0 saturated heterocycles. The molecule has 0 radical (unpaired) electrons. The van der Waals surface area contributed by atoms with Crippen LogP contribution in [0, 0.1) is 11.3 Å². The van der Waals surface area contributed by atoms with Gasteiger partial charge in [-0.2, -0.15) is 5.26 Å². The van der Waals surface area contributed by atoms with E-state index in [0.29, 0.717) is 10.7 Å². The van der Waals surface area contributed by atoms with E-state index in [1.807, 2.05) is 6.07 Å². The molecule has 5 nitrogen and oxygen atoms in total. The fourth-order valence-electron chi connectivity index (χ4n) is 0.872. The fourth-order valence-corrected chi connectivity index (χ4v) is 1.52. The highest BCUT2D eigenvalue weighted by molar-refractivity contribution is 7.99. The van der Waals surface area contributed by atoms with Crippen LogP contribution in [0.3, 0.4) is 0 Å². The Morgan fingerprint density at radius 1 is 1.00 bits per heavy atom. The molecule has 0 amide bonds. The lowest BCUT2D eigenvalue weighted by atomic mass is 10.5. The van der Waals surface area contributed by atoms with E-state index in [0.717, 1.165) is 5.03 Å². The standard InChI is InChI=1S/C9H5N5S/c10-3-7-4-14-9(6-13-7)15-8-5-11-1-2-12-8/h1-2,4-6H. The number of rotatable bonds is 2. The molecule has 0 bridgehead atoms. The molecule has 2 heterocycles. The van der Waals surface area contributed by atoms with E-state index in [4.69, 9.17) is 5.26 Å². The molecule has 2 aromatic heterocycles. The van der Waals surface area contributed by atoms with E-state index in [1.54, 1.807) is 18.6 Å². The lowest BCUT2D eigenvalue weighted by Crippen LogP contribution is -1.87. The van der Waals surface area contributed by atoms with E-state index >= 15 is 0 Å². The van der Waals surface area contributed by atoms with E-state index in [2.05, 4.69) is 19.9 Å². The van der Waals surface area contributed by atoms with E-state index in [-0.39, 0.29) is 0 Å². The predicted molar refractivity (Wildman–Crippen MR) is 52.9 cm³/mol. The molecule has 2 aromatic rings. The first kappa shape index (κ1) is 9.55. The first-order valence-corrected chi connectivity index (χ1v) is 4.86. The van der Waals surface area contributed by atoms with Gasteiger partial charge in [0.15, 0.2) is 5.69 Å². The Kier molecular flexibility index (Phi) is 2.85. The second-order valence-corrected chi connectivity index (χ2v) is 3.54. The zero-order valence-corrected chi connectivity index (χ0v) is 8.35. The molecule has 0 aromatic carbocycles. The summed E-state index contributed by atoms with van der Waals surface area (Å²) in [5, 5.41) is 9.97. The Labute approximate surface area is 90.2 Å². The molecule has 0 unspecified atom stereocenters. The van der Waals surface area contributed by atoms with Crippen LogP contribution >= 0.6 is 11.8 Å². The SMILES string of the molecule is N#Cc1cnc(Sc2cnccn2)cn1. The average Bonchev–Trinajstić information content (AvgIpc) is 2.31. The van der Waals surface area contributed by atoms with Crippen molar-refractivity contribution < 1.29 is 0 Å². The van der Waals surface area contributed by atoms with Gasteiger partial charge in [-0.15, -0.1) is 0 Å². The molecule has 0 atom stereocenters. The maximum Gasteiger partial charge on any atom is 0.158 e. The quantitative estimate of drug-likeness (QED) is 0.751. The zero-order valence-electron chi connectivity index (χ0n) is 7.53. The summed E-state index contributed by atoms with van der Waals surface area (Å²) in [7, 11) is 0. The maximum absolute atomic E-state index is 8.54. The Hall–Kier alpha value is -2.00. The largest absolute Gasteiger partial charge is 0.260 e. The van der Waals surface area contributed by atoms with Gasteiger partial charge in [0, 0.05) is 12.4 Å². The van der Waals surface area contributed by atoms with Gasteiger partial charge in [0.25, 0.3) is 0 Å². The number of aromatic nitrogens is 4. The Bertz CT molecular complexity index is 476. The van der Waals surface area contributed by atoms with Crippen molar-refractivity contribution in [3.63, 3.8) is 0 Å². The molecule has 0 aliphatic carbocycles. The molecule has 0 aliphatic rings. The summed E-state index contributed by atoms with van der Waals surface area (Å²) in [6, 6.07) is 1.91. The Morgan fingerprint density at radius 3 is 2.47 bits per heavy atom. The van der Waals surface area contributed by atoms with Gasteiger partial charge in [-0.1, -0.05) is 0 Å². The van der Waals surface area contributed by atoms with Crippen LogP contribution in [-0.2, 0) is 0 Å². The van der Waals surface area contributed by atoms with Crippen LogP contribution in [-0.4, -0.2) is 19.9 Å². The smallest absolute Gasteiger partial charge is 0.158 e. The van der Waals surface area contributed by atoms with Crippen molar-refractivity contribution in [2.24, 2.45) is 0 Å². The summed E-state index contributed by atoms with van der Waals surface area (Å²) in [4.78, 5) is 16.0. The predicted octanol–water partition coefficient (Wildman–Crippen LogP) is 1.29. The van der Waals surface area contributed by atoms with Gasteiger partial charge in [0.1, 0.15) is 16.1 Å². The van der Waals surface area contributed by atoms with Crippen LogP contribution in [0.2, 0.25) is 0 Å². The maximum atomic E-state index is 8.54. The van der Waals surface area contributed by atoms with Crippen molar-refractivity contribution in [1.82, 2.24) is 19.9 Å². The van der Waals surface area contributed by atoms with Crippen LogP contribution in [0.5, 0.6) is 0 Å². The van der Waals surface area contributed by atoms with Gasteiger partial charge < -0.3 is 0 Å². The first-order chi connectivity index (χ1) is 7.38. The molecular weight excluding hydrogens is 210 g/mol. The lowest BCUT2D eigenvalue weighted by Gasteiger charge is -1.97. The normalized spacial score (nSPS) is 9.53. The van der Waals surface area contributed by atoms with E-state index < -0.39 is 0 Å². The molecule has 72 valence electrons. The molecular formula is C9H5N5S. The van der Waals surface area contributed by atoms with Crippen LogP contribution < -0.4 is 0 Å². The first-order valence-electron chi connectivity index (χ1n) is 4.04. The minimum absolute atomic E-state index is 0.304. The van der Waals surface area contributed by atoms with Crippen molar-refractivity contribution in [3.8, 4) is 6.07 Å². The summed E-state index contributed by atoms with van der Waals surface area (Å²) in [5.74, 6) is 0. The Balaban J connectivity index is 2.16. The topological polar surface area (TPSA) is 75.3 Å². The van der Waals surface area contributed by atoms with Gasteiger partial charge in [0.2, 0.25) is 0 Å². The third-order valence-corrected chi connectivity index (χ3v) is 2.33. The van der Waals surface area contributed by atoms with Gasteiger partial charge in [0.05, 0.1) is 18.6 Å². The summed E-state index contributed by atoms with van der Waals surface area (Å²) < 4.78 is 0. The number of nitrogens with zero attached hydrogens (tertiary/aromatic N) is 5. The molecule has 0 spiro atoms. The number of nitriles is 1. The van der Waals surface area contributed by atoms with Gasteiger partial charge in [-0.3, -0.25) is 4.98 Å². The summed E-state index contributed by atoms with van der Waals surface area (Å²) in [6.07, 6.45) is 7.83. The second kappa shape index (κ2) is 4.48. The van der Waals surface area contributed by atoms with Crippen molar-refractivity contribution in [3.05, 3.63) is 36.7 Å². The minimum Gasteiger partial charge on any atom is -0.260 e. The molecule has 0 N–H and O–H groups in total. The monoisotopic (exact) mass is 215 g/mol.